The molecule has 2 nitrogen and oxygen atoms in total. The van der Waals surface area contributed by atoms with Gasteiger partial charge in [0.2, 0.25) is 0 Å². The summed E-state index contributed by atoms with van der Waals surface area (Å²) in [4.78, 5) is 4.75. The molecular formula is C11H20N2S. The van der Waals surface area contributed by atoms with Gasteiger partial charge in [-0.25, -0.2) is 0 Å². The molecular weight excluding hydrogens is 192 g/mol. The largest absolute Gasteiger partial charge is 0.362 e. The first-order valence-corrected chi connectivity index (χ1v) is 6.66. The van der Waals surface area contributed by atoms with E-state index in [1.165, 1.54) is 23.8 Å². The Hall–Kier alpha value is -0.180. The van der Waals surface area contributed by atoms with Gasteiger partial charge in [0.05, 0.1) is 6.04 Å². The van der Waals surface area contributed by atoms with Gasteiger partial charge in [0, 0.05) is 11.8 Å². The van der Waals surface area contributed by atoms with Crippen molar-refractivity contribution in [3.05, 3.63) is 0 Å². The minimum atomic E-state index is 0.592. The molecule has 0 aromatic carbocycles. The lowest BCUT2D eigenvalue weighted by Gasteiger charge is -2.28. The van der Waals surface area contributed by atoms with Crippen molar-refractivity contribution in [2.24, 2.45) is 16.8 Å². The van der Waals surface area contributed by atoms with Crippen molar-refractivity contribution in [2.75, 3.05) is 5.75 Å². The molecule has 1 aliphatic heterocycles. The first-order chi connectivity index (χ1) is 6.70. The predicted molar refractivity (Wildman–Crippen MR) is 63.8 cm³/mol. The number of hydrogen-bond donors (Lipinski definition) is 1. The van der Waals surface area contributed by atoms with Gasteiger partial charge in [-0.3, -0.25) is 4.99 Å². The van der Waals surface area contributed by atoms with Crippen LogP contribution in [0.2, 0.25) is 0 Å². The van der Waals surface area contributed by atoms with Crippen LogP contribution in [0.4, 0.5) is 0 Å². The maximum absolute atomic E-state index is 4.75. The van der Waals surface area contributed by atoms with Crippen LogP contribution in [0.5, 0.6) is 0 Å². The van der Waals surface area contributed by atoms with Crippen LogP contribution in [0.3, 0.4) is 0 Å². The van der Waals surface area contributed by atoms with Crippen molar-refractivity contribution in [3.8, 4) is 0 Å². The second-order valence-electron chi connectivity index (χ2n) is 4.63. The molecule has 0 aromatic heterocycles. The van der Waals surface area contributed by atoms with Crippen molar-refractivity contribution >= 4 is 16.9 Å². The van der Waals surface area contributed by atoms with Gasteiger partial charge >= 0.3 is 0 Å². The Morgan fingerprint density at radius 1 is 1.50 bits per heavy atom. The van der Waals surface area contributed by atoms with Gasteiger partial charge in [-0.15, -0.1) is 0 Å². The molecule has 3 heteroatoms. The number of nitrogens with one attached hydrogen (secondary N) is 1. The van der Waals surface area contributed by atoms with Gasteiger partial charge in [-0.1, -0.05) is 32.0 Å². The Morgan fingerprint density at radius 2 is 2.29 bits per heavy atom. The summed E-state index contributed by atoms with van der Waals surface area (Å²) in [5.41, 5.74) is 0. The standard InChI is InChI=1S/C11H20N2S/c1-4-9-5-10(9)13-11-12-8(3)7(2)6-14-11/h7-10H,4-6H2,1-3H3,(H,12,13). The van der Waals surface area contributed by atoms with E-state index >= 15 is 0 Å². The van der Waals surface area contributed by atoms with Crippen LogP contribution < -0.4 is 5.32 Å². The fourth-order valence-corrected chi connectivity index (χ4v) is 2.98. The van der Waals surface area contributed by atoms with Gasteiger partial charge in [-0.05, 0) is 25.2 Å². The Bertz CT molecular complexity index is 239. The number of rotatable bonds is 2. The van der Waals surface area contributed by atoms with E-state index in [1.54, 1.807) is 0 Å². The van der Waals surface area contributed by atoms with E-state index < -0.39 is 0 Å². The molecule has 0 amide bonds. The molecule has 1 N–H and O–H groups in total. The van der Waals surface area contributed by atoms with E-state index in [0.29, 0.717) is 12.1 Å². The Labute approximate surface area is 90.9 Å². The second-order valence-corrected chi connectivity index (χ2v) is 5.64. The van der Waals surface area contributed by atoms with Gasteiger partial charge < -0.3 is 5.32 Å². The Balaban J connectivity index is 1.87. The number of thioether (sulfide) groups is 1. The number of aliphatic imine (C=N–C) groups is 1. The fraction of sp³-hybridized carbons (Fsp3) is 0.909. The molecule has 0 aromatic rings. The van der Waals surface area contributed by atoms with E-state index in [-0.39, 0.29) is 0 Å². The molecule has 14 heavy (non-hydrogen) atoms. The molecule has 0 radical (unpaired) electrons. The molecule has 1 saturated heterocycles. The van der Waals surface area contributed by atoms with Gasteiger partial charge in [0.1, 0.15) is 0 Å². The third kappa shape index (κ3) is 2.25. The summed E-state index contributed by atoms with van der Waals surface area (Å²) in [6.45, 7) is 6.81. The van der Waals surface area contributed by atoms with E-state index in [2.05, 4.69) is 26.1 Å². The van der Waals surface area contributed by atoms with Crippen LogP contribution in [0.1, 0.15) is 33.6 Å². The van der Waals surface area contributed by atoms with E-state index in [1.807, 2.05) is 11.8 Å². The highest BCUT2D eigenvalue weighted by Gasteiger charge is 2.36. The molecule has 1 aliphatic carbocycles. The zero-order chi connectivity index (χ0) is 10.1. The topological polar surface area (TPSA) is 24.4 Å². The van der Waals surface area contributed by atoms with Gasteiger partial charge in [0.25, 0.3) is 0 Å². The van der Waals surface area contributed by atoms with E-state index in [9.17, 15) is 0 Å². The van der Waals surface area contributed by atoms with Crippen molar-refractivity contribution in [2.45, 2.75) is 45.7 Å². The summed E-state index contributed by atoms with van der Waals surface area (Å²) in [5.74, 6) is 2.86. The second kappa shape index (κ2) is 4.13. The monoisotopic (exact) mass is 212 g/mol. The van der Waals surface area contributed by atoms with Crippen LogP contribution in [-0.4, -0.2) is 23.0 Å². The minimum absolute atomic E-state index is 0.592. The predicted octanol–water partition coefficient (Wildman–Crippen LogP) is 2.50. The maximum Gasteiger partial charge on any atom is 0.157 e. The first kappa shape index (κ1) is 10.3. The third-order valence-corrected chi connectivity index (χ3v) is 4.57. The lowest BCUT2D eigenvalue weighted by molar-refractivity contribution is 0.489. The van der Waals surface area contributed by atoms with Crippen molar-refractivity contribution in [3.63, 3.8) is 0 Å². The van der Waals surface area contributed by atoms with Gasteiger partial charge in [0.15, 0.2) is 5.17 Å². The normalized spacial score (nSPS) is 44.9. The average molecular weight is 212 g/mol. The van der Waals surface area contributed by atoms with Crippen LogP contribution in [0.15, 0.2) is 4.99 Å². The van der Waals surface area contributed by atoms with Crippen LogP contribution in [0, 0.1) is 11.8 Å². The first-order valence-electron chi connectivity index (χ1n) is 5.67. The molecule has 1 saturated carbocycles. The van der Waals surface area contributed by atoms with Crippen molar-refractivity contribution in [1.82, 2.24) is 5.32 Å². The van der Waals surface area contributed by atoms with Crippen molar-refractivity contribution < 1.29 is 0 Å². The molecule has 80 valence electrons. The highest BCUT2D eigenvalue weighted by Crippen LogP contribution is 2.37. The maximum atomic E-state index is 4.75. The SMILES string of the molecule is CCC1CC1N=C1NC(C)C(C)CS1. The van der Waals surface area contributed by atoms with Crippen LogP contribution in [0.25, 0.3) is 0 Å². The average Bonchev–Trinajstić information content (AvgIpc) is 2.90. The molecule has 4 unspecified atom stereocenters. The van der Waals surface area contributed by atoms with Gasteiger partial charge in [-0.2, -0.15) is 0 Å². The quantitative estimate of drug-likeness (QED) is 0.760. The molecule has 2 aliphatic rings. The van der Waals surface area contributed by atoms with Crippen LogP contribution in [-0.2, 0) is 0 Å². The Kier molecular flexibility index (Phi) is 3.05. The molecule has 0 spiro atoms. The zero-order valence-corrected chi connectivity index (χ0v) is 10.1. The third-order valence-electron chi connectivity index (χ3n) is 3.38. The summed E-state index contributed by atoms with van der Waals surface area (Å²) >= 11 is 1.89. The smallest absolute Gasteiger partial charge is 0.157 e. The molecule has 0 bridgehead atoms. The zero-order valence-electron chi connectivity index (χ0n) is 9.29. The fourth-order valence-electron chi connectivity index (χ4n) is 1.79. The lowest BCUT2D eigenvalue weighted by atomic mass is 10.1. The number of amidine groups is 1. The summed E-state index contributed by atoms with van der Waals surface area (Å²) in [6, 6.07) is 1.23. The van der Waals surface area contributed by atoms with Crippen LogP contribution >= 0.6 is 11.8 Å². The number of hydrogen-bond acceptors (Lipinski definition) is 2. The summed E-state index contributed by atoms with van der Waals surface area (Å²) < 4.78 is 0. The molecule has 2 fully saturated rings. The Morgan fingerprint density at radius 3 is 2.86 bits per heavy atom. The molecule has 1 heterocycles. The van der Waals surface area contributed by atoms with Crippen molar-refractivity contribution in [1.29, 1.82) is 0 Å². The van der Waals surface area contributed by atoms with E-state index in [0.717, 1.165) is 11.8 Å². The summed E-state index contributed by atoms with van der Waals surface area (Å²) in [7, 11) is 0. The highest BCUT2D eigenvalue weighted by atomic mass is 32.2. The number of nitrogens with zero attached hydrogens (tertiary/aromatic N) is 1. The summed E-state index contributed by atoms with van der Waals surface area (Å²) in [5, 5.41) is 4.69. The highest BCUT2D eigenvalue weighted by molar-refractivity contribution is 8.13. The minimum Gasteiger partial charge on any atom is -0.362 e. The molecule has 2 rings (SSSR count). The summed E-state index contributed by atoms with van der Waals surface area (Å²) in [6.07, 6.45) is 2.60. The van der Waals surface area contributed by atoms with E-state index in [4.69, 9.17) is 4.99 Å². The molecule has 4 atom stereocenters. The lowest BCUT2D eigenvalue weighted by Crippen LogP contribution is -2.41.